The van der Waals surface area contributed by atoms with Gasteiger partial charge < -0.3 is 26.2 Å². The van der Waals surface area contributed by atoms with Crippen molar-refractivity contribution < 1.29 is 28.8 Å². The van der Waals surface area contributed by atoms with Gasteiger partial charge in [0.2, 0.25) is 11.8 Å². The van der Waals surface area contributed by atoms with E-state index in [0.29, 0.717) is 53.3 Å². The summed E-state index contributed by atoms with van der Waals surface area (Å²) < 4.78 is 0. The zero-order valence-corrected chi connectivity index (χ0v) is 32.2. The first-order valence-electron chi connectivity index (χ1n) is 18.6. The zero-order chi connectivity index (χ0) is 40.6. The molecular weight excluding hydrogens is 748 g/mol. The van der Waals surface area contributed by atoms with Crippen LogP contribution in [0.1, 0.15) is 93.7 Å². The Morgan fingerprint density at radius 1 is 0.877 bits per heavy atom. The van der Waals surface area contributed by atoms with E-state index >= 15 is 0 Å². The predicted octanol–water partition coefficient (Wildman–Crippen LogP) is 6.05. The molecule has 0 spiro atoms. The fourth-order valence-electron chi connectivity index (χ4n) is 6.13. The Balaban J connectivity index is 0.992. The second kappa shape index (κ2) is 20.9. The number of pyridine rings is 2. The molecule has 1 atom stereocenters. The maximum atomic E-state index is 13.4. The molecule has 4 aromatic rings. The first-order chi connectivity index (χ1) is 27.6. The molecule has 1 aliphatic heterocycles. The highest BCUT2D eigenvalue weighted by molar-refractivity contribution is 6.29. The number of hydrogen-bond donors (Lipinski definition) is 5. The standard InChI is InChI=1S/C42H43ClN8O6/c1-51(35-16-17-37(53)50-40(35)55)41(56)38-30(27-52)12-9-13-34(38)45-20-6-4-2-3-5-7-21-47-39(54)29-11-8-10-28(24-29)14-15-31-25-32(18-22-44-31)48-42(57)49-33-19-23-46-36(43)26-33/h8-13,18-19,22-27,35,45H,2-7,16-17,20-21H2,1H3,(H,47,54)(H,50,53,55)(H2,44,46,48,49,57). The van der Waals surface area contributed by atoms with Gasteiger partial charge in [0.05, 0.1) is 5.56 Å². The number of anilines is 3. The Kier molecular flexibility index (Phi) is 15.3. The fraction of sp³-hybridized carbons (Fsp3) is 0.286. The number of carbonyl (C=O) groups is 6. The maximum Gasteiger partial charge on any atom is 0.323 e. The van der Waals surface area contributed by atoms with Gasteiger partial charge in [-0.05, 0) is 73.7 Å². The smallest absolute Gasteiger partial charge is 0.323 e. The van der Waals surface area contributed by atoms with E-state index in [1.54, 1.807) is 60.7 Å². The fourth-order valence-corrected chi connectivity index (χ4v) is 6.31. The number of imide groups is 1. The van der Waals surface area contributed by atoms with Crippen LogP contribution in [0.2, 0.25) is 5.15 Å². The number of piperidine rings is 1. The summed E-state index contributed by atoms with van der Waals surface area (Å²) >= 11 is 5.87. The average molecular weight is 791 g/mol. The summed E-state index contributed by atoms with van der Waals surface area (Å²) in [6.07, 6.45) is 9.59. The molecule has 1 aliphatic rings. The van der Waals surface area contributed by atoms with Gasteiger partial charge in [-0.25, -0.2) is 14.8 Å². The highest BCUT2D eigenvalue weighted by Crippen LogP contribution is 2.24. The SMILES string of the molecule is CN(C(=O)c1c(C=O)cccc1NCCCCCCCCNC(=O)c1cccc(C#Cc2cc(NC(=O)Nc3ccnc(Cl)c3)ccn2)c1)C1CCC(=O)NC1=O. The van der Waals surface area contributed by atoms with Gasteiger partial charge >= 0.3 is 6.03 Å². The summed E-state index contributed by atoms with van der Waals surface area (Å²) in [6.45, 7) is 1.13. The number of nitrogens with one attached hydrogen (secondary N) is 5. The predicted molar refractivity (Wildman–Crippen MR) is 217 cm³/mol. The molecule has 294 valence electrons. The van der Waals surface area contributed by atoms with Crippen LogP contribution in [0.25, 0.3) is 0 Å². The number of hydrogen-bond acceptors (Lipinski definition) is 9. The third kappa shape index (κ3) is 12.5. The van der Waals surface area contributed by atoms with Crippen LogP contribution in [0.15, 0.2) is 79.1 Å². The molecule has 0 radical (unpaired) electrons. The van der Waals surface area contributed by atoms with Crippen molar-refractivity contribution in [2.75, 3.05) is 36.1 Å². The van der Waals surface area contributed by atoms with E-state index in [0.717, 1.165) is 38.5 Å². The van der Waals surface area contributed by atoms with Crippen molar-refractivity contribution in [3.63, 3.8) is 0 Å². The summed E-state index contributed by atoms with van der Waals surface area (Å²) in [4.78, 5) is 83.8. The summed E-state index contributed by atoms with van der Waals surface area (Å²) in [5, 5.41) is 14.2. The number of halogens is 1. The Labute approximate surface area is 335 Å². The Bertz CT molecular complexity index is 2180. The summed E-state index contributed by atoms with van der Waals surface area (Å²) in [7, 11) is 1.50. The Morgan fingerprint density at radius 3 is 2.32 bits per heavy atom. The van der Waals surface area contributed by atoms with Crippen molar-refractivity contribution in [2.24, 2.45) is 0 Å². The lowest BCUT2D eigenvalue weighted by atomic mass is 10.0. The van der Waals surface area contributed by atoms with E-state index in [-0.39, 0.29) is 40.9 Å². The molecule has 5 N–H and O–H groups in total. The van der Waals surface area contributed by atoms with E-state index in [1.807, 2.05) is 0 Å². The van der Waals surface area contributed by atoms with Crippen molar-refractivity contribution in [3.05, 3.63) is 112 Å². The van der Waals surface area contributed by atoms with Gasteiger partial charge in [-0.3, -0.25) is 29.3 Å². The molecule has 14 nitrogen and oxygen atoms in total. The summed E-state index contributed by atoms with van der Waals surface area (Å²) in [5.74, 6) is 4.46. The number of carbonyl (C=O) groups excluding carboxylic acids is 6. The van der Waals surface area contributed by atoms with Crippen LogP contribution in [0.3, 0.4) is 0 Å². The van der Waals surface area contributed by atoms with Gasteiger partial charge in [0, 0.05) is 72.7 Å². The van der Waals surface area contributed by atoms with E-state index in [9.17, 15) is 28.8 Å². The highest BCUT2D eigenvalue weighted by Gasteiger charge is 2.34. The number of benzene rings is 2. The number of aldehydes is 1. The number of urea groups is 1. The van der Waals surface area contributed by atoms with Crippen LogP contribution < -0.4 is 26.6 Å². The molecule has 57 heavy (non-hydrogen) atoms. The number of nitrogens with zero attached hydrogens (tertiary/aromatic N) is 3. The number of likely N-dealkylation sites (N-methyl/N-ethyl adjacent to an activating group) is 1. The van der Waals surface area contributed by atoms with Crippen molar-refractivity contribution >= 4 is 64.6 Å². The van der Waals surface area contributed by atoms with Crippen LogP contribution in [-0.2, 0) is 9.59 Å². The Morgan fingerprint density at radius 2 is 1.58 bits per heavy atom. The number of unbranched alkanes of at least 4 members (excludes halogenated alkanes) is 5. The first kappa shape index (κ1) is 41.6. The minimum Gasteiger partial charge on any atom is -0.384 e. The number of amides is 6. The van der Waals surface area contributed by atoms with Crippen molar-refractivity contribution in [1.82, 2.24) is 25.5 Å². The minimum absolute atomic E-state index is 0.140. The second-order valence-corrected chi connectivity index (χ2v) is 13.7. The largest absolute Gasteiger partial charge is 0.384 e. The van der Waals surface area contributed by atoms with Crippen molar-refractivity contribution in [3.8, 4) is 11.8 Å². The molecule has 6 amide bonds. The van der Waals surface area contributed by atoms with Crippen LogP contribution >= 0.6 is 11.6 Å². The molecule has 15 heteroatoms. The van der Waals surface area contributed by atoms with Gasteiger partial charge in [0.25, 0.3) is 11.8 Å². The molecule has 2 aromatic carbocycles. The monoisotopic (exact) mass is 790 g/mol. The maximum absolute atomic E-state index is 13.4. The molecular formula is C42H43ClN8O6. The van der Waals surface area contributed by atoms with E-state index in [1.165, 1.54) is 30.4 Å². The lowest BCUT2D eigenvalue weighted by Gasteiger charge is -2.30. The third-order valence-electron chi connectivity index (χ3n) is 9.10. The number of aromatic nitrogens is 2. The molecule has 1 unspecified atom stereocenters. The van der Waals surface area contributed by atoms with Gasteiger partial charge in [-0.2, -0.15) is 0 Å². The lowest BCUT2D eigenvalue weighted by molar-refractivity contribution is -0.136. The van der Waals surface area contributed by atoms with Gasteiger partial charge in [-0.15, -0.1) is 0 Å². The van der Waals surface area contributed by atoms with Crippen LogP contribution in [0.5, 0.6) is 0 Å². The summed E-state index contributed by atoms with van der Waals surface area (Å²) in [6, 6.07) is 17.2. The van der Waals surface area contributed by atoms with E-state index in [4.69, 9.17) is 11.6 Å². The normalized spacial score (nSPS) is 13.3. The first-order valence-corrected chi connectivity index (χ1v) is 19.0. The topological polar surface area (TPSA) is 192 Å². The molecule has 1 fully saturated rings. The van der Waals surface area contributed by atoms with Gasteiger partial charge in [0.15, 0.2) is 6.29 Å². The molecule has 1 saturated heterocycles. The molecule has 0 saturated carbocycles. The zero-order valence-electron chi connectivity index (χ0n) is 31.4. The molecule has 0 aliphatic carbocycles. The van der Waals surface area contributed by atoms with Gasteiger partial charge in [-0.1, -0.05) is 61.4 Å². The van der Waals surface area contributed by atoms with Crippen LogP contribution in [0, 0.1) is 11.8 Å². The van der Waals surface area contributed by atoms with E-state index < -0.39 is 23.9 Å². The molecule has 0 bridgehead atoms. The average Bonchev–Trinajstić information content (AvgIpc) is 3.20. The van der Waals surface area contributed by atoms with Crippen LogP contribution in [-0.4, -0.2) is 77.0 Å². The van der Waals surface area contributed by atoms with Crippen LogP contribution in [0.4, 0.5) is 21.9 Å². The lowest BCUT2D eigenvalue weighted by Crippen LogP contribution is -2.53. The second-order valence-electron chi connectivity index (χ2n) is 13.3. The molecule has 3 heterocycles. The molecule has 2 aromatic heterocycles. The highest BCUT2D eigenvalue weighted by atomic mass is 35.5. The molecule has 5 rings (SSSR count). The van der Waals surface area contributed by atoms with Gasteiger partial charge in [0.1, 0.15) is 16.9 Å². The minimum atomic E-state index is -0.796. The Hall–Kier alpha value is -6.59. The third-order valence-corrected chi connectivity index (χ3v) is 9.31. The quantitative estimate of drug-likeness (QED) is 0.0296. The van der Waals surface area contributed by atoms with Crippen molar-refractivity contribution in [1.29, 1.82) is 0 Å². The summed E-state index contributed by atoms with van der Waals surface area (Å²) in [5.41, 5.74) is 3.51. The number of rotatable bonds is 16. The van der Waals surface area contributed by atoms with Crippen molar-refractivity contribution in [2.45, 2.75) is 57.4 Å². The van der Waals surface area contributed by atoms with E-state index in [2.05, 4.69) is 48.4 Å².